The Hall–Kier alpha value is -1.20. The smallest absolute Gasteiger partial charge is 0.104 e. The molecule has 0 radical (unpaired) electrons. The molecular formula is C13H14BrN3S. The summed E-state index contributed by atoms with van der Waals surface area (Å²) < 4.78 is 2.95. The van der Waals surface area contributed by atoms with Gasteiger partial charge >= 0.3 is 0 Å². The third-order valence-electron chi connectivity index (χ3n) is 2.92. The minimum Gasteiger partial charge on any atom is -0.389 e. The highest BCUT2D eigenvalue weighted by atomic mass is 79.9. The van der Waals surface area contributed by atoms with Gasteiger partial charge in [0.15, 0.2) is 0 Å². The van der Waals surface area contributed by atoms with Crippen molar-refractivity contribution in [1.29, 1.82) is 0 Å². The van der Waals surface area contributed by atoms with E-state index in [1.807, 2.05) is 43.7 Å². The Morgan fingerprint density at radius 1 is 1.33 bits per heavy atom. The van der Waals surface area contributed by atoms with E-state index in [0.29, 0.717) is 4.99 Å². The average molecular weight is 324 g/mol. The molecule has 2 aromatic rings. The molecule has 0 saturated carbocycles. The molecule has 1 aromatic heterocycles. The van der Waals surface area contributed by atoms with E-state index < -0.39 is 0 Å². The topological polar surface area (TPSA) is 43.8 Å². The van der Waals surface area contributed by atoms with Crippen LogP contribution < -0.4 is 5.73 Å². The van der Waals surface area contributed by atoms with Gasteiger partial charge in [0, 0.05) is 5.56 Å². The van der Waals surface area contributed by atoms with Crippen molar-refractivity contribution < 1.29 is 0 Å². The highest BCUT2D eigenvalue weighted by Gasteiger charge is 2.11. The number of rotatable bonds is 2. The Labute approximate surface area is 120 Å². The Morgan fingerprint density at radius 2 is 2.00 bits per heavy atom. The van der Waals surface area contributed by atoms with Crippen LogP contribution in [0.3, 0.4) is 0 Å². The first-order valence-corrected chi connectivity index (χ1v) is 6.74. The zero-order valence-corrected chi connectivity index (χ0v) is 12.9. The first kappa shape index (κ1) is 13.2. The Balaban J connectivity index is 2.55. The predicted molar refractivity (Wildman–Crippen MR) is 81.4 cm³/mol. The van der Waals surface area contributed by atoms with E-state index in [1.165, 1.54) is 0 Å². The van der Waals surface area contributed by atoms with E-state index in [2.05, 4.69) is 21.0 Å². The van der Waals surface area contributed by atoms with Crippen molar-refractivity contribution in [1.82, 2.24) is 9.78 Å². The fourth-order valence-corrected chi connectivity index (χ4v) is 2.41. The number of nitrogens with zero attached hydrogens (tertiary/aromatic N) is 2. The average Bonchev–Trinajstić information content (AvgIpc) is 2.56. The number of aromatic nitrogens is 2. The number of benzene rings is 1. The predicted octanol–water partition coefficient (Wildman–Crippen LogP) is 3.19. The maximum absolute atomic E-state index is 5.66. The summed E-state index contributed by atoms with van der Waals surface area (Å²) in [4.78, 5) is 0.425. The molecule has 0 unspecified atom stereocenters. The van der Waals surface area contributed by atoms with Crippen LogP contribution in [-0.4, -0.2) is 14.8 Å². The van der Waals surface area contributed by atoms with Crippen LogP contribution in [0.5, 0.6) is 0 Å². The van der Waals surface area contributed by atoms with E-state index in [1.54, 1.807) is 0 Å². The second-order valence-corrected chi connectivity index (χ2v) is 5.49. The number of halogens is 1. The first-order valence-electron chi connectivity index (χ1n) is 5.54. The normalized spacial score (nSPS) is 10.7. The van der Waals surface area contributed by atoms with Gasteiger partial charge in [0.1, 0.15) is 4.99 Å². The Kier molecular flexibility index (Phi) is 3.54. The first-order chi connectivity index (χ1) is 8.41. The molecule has 1 aromatic carbocycles. The number of thiocarbonyl (C=S) groups is 1. The van der Waals surface area contributed by atoms with Crippen molar-refractivity contribution in [2.75, 3.05) is 0 Å². The molecule has 94 valence electrons. The van der Waals surface area contributed by atoms with Gasteiger partial charge in [0.25, 0.3) is 0 Å². The molecular weight excluding hydrogens is 310 g/mol. The molecule has 5 heteroatoms. The summed E-state index contributed by atoms with van der Waals surface area (Å²) in [6.45, 7) is 6.00. The van der Waals surface area contributed by atoms with E-state index in [9.17, 15) is 0 Å². The highest BCUT2D eigenvalue weighted by Crippen LogP contribution is 2.24. The van der Waals surface area contributed by atoms with Gasteiger partial charge in [-0.3, -0.25) is 0 Å². The van der Waals surface area contributed by atoms with Gasteiger partial charge < -0.3 is 5.73 Å². The molecule has 0 amide bonds. The number of hydrogen-bond donors (Lipinski definition) is 1. The van der Waals surface area contributed by atoms with Crippen LogP contribution >= 0.6 is 28.1 Å². The molecule has 0 bridgehead atoms. The van der Waals surface area contributed by atoms with Crippen LogP contribution in [0.1, 0.15) is 22.5 Å². The Bertz CT molecular complexity index is 631. The third-order valence-corrected chi connectivity index (χ3v) is 4.29. The van der Waals surface area contributed by atoms with Gasteiger partial charge in [-0.05, 0) is 60.5 Å². The van der Waals surface area contributed by atoms with Crippen LogP contribution in [0.4, 0.5) is 0 Å². The summed E-state index contributed by atoms with van der Waals surface area (Å²) >= 11 is 8.54. The monoisotopic (exact) mass is 323 g/mol. The summed E-state index contributed by atoms with van der Waals surface area (Å²) in [6, 6.07) is 5.96. The molecule has 2 N–H and O–H groups in total. The van der Waals surface area contributed by atoms with Crippen LogP contribution in [0, 0.1) is 20.8 Å². The number of aryl methyl sites for hydroxylation is 2. The maximum Gasteiger partial charge on any atom is 0.104 e. The molecule has 1 heterocycles. The third kappa shape index (κ3) is 2.20. The summed E-state index contributed by atoms with van der Waals surface area (Å²) in [5, 5.41) is 4.50. The fourth-order valence-electron chi connectivity index (χ4n) is 1.93. The van der Waals surface area contributed by atoms with Crippen molar-refractivity contribution >= 4 is 33.1 Å². The SMILES string of the molecule is Cc1cc(-n2nc(C)c(Br)c2C)ccc1C(N)=S. The lowest BCUT2D eigenvalue weighted by atomic mass is 10.1. The van der Waals surface area contributed by atoms with Crippen LogP contribution in [-0.2, 0) is 0 Å². The highest BCUT2D eigenvalue weighted by molar-refractivity contribution is 9.10. The molecule has 0 aliphatic carbocycles. The second kappa shape index (κ2) is 4.82. The molecule has 0 saturated heterocycles. The summed E-state index contributed by atoms with van der Waals surface area (Å²) in [5.41, 5.74) is 10.7. The van der Waals surface area contributed by atoms with E-state index in [0.717, 1.165) is 32.7 Å². The van der Waals surface area contributed by atoms with Gasteiger partial charge in [-0.15, -0.1) is 0 Å². The van der Waals surface area contributed by atoms with E-state index >= 15 is 0 Å². The minimum absolute atomic E-state index is 0.425. The number of hydrogen-bond acceptors (Lipinski definition) is 2. The van der Waals surface area contributed by atoms with Gasteiger partial charge in [-0.2, -0.15) is 5.10 Å². The van der Waals surface area contributed by atoms with Crippen molar-refractivity contribution in [3.8, 4) is 5.69 Å². The van der Waals surface area contributed by atoms with Crippen LogP contribution in [0.2, 0.25) is 0 Å². The van der Waals surface area contributed by atoms with Crippen molar-refractivity contribution in [2.24, 2.45) is 5.73 Å². The molecule has 0 aliphatic heterocycles. The minimum atomic E-state index is 0.425. The molecule has 3 nitrogen and oxygen atoms in total. The molecule has 18 heavy (non-hydrogen) atoms. The zero-order valence-electron chi connectivity index (χ0n) is 10.5. The number of nitrogens with two attached hydrogens (primary N) is 1. The zero-order chi connectivity index (χ0) is 13.4. The summed E-state index contributed by atoms with van der Waals surface area (Å²) in [6.07, 6.45) is 0. The van der Waals surface area contributed by atoms with Crippen LogP contribution in [0.25, 0.3) is 5.69 Å². The molecule has 0 fully saturated rings. The standard InChI is InChI=1S/C13H14BrN3S/c1-7-6-10(4-5-11(7)13(15)18)17-9(3)12(14)8(2)16-17/h4-6H,1-3H3,(H2,15,18). The van der Waals surface area contributed by atoms with Crippen molar-refractivity contribution in [3.63, 3.8) is 0 Å². The molecule has 2 rings (SSSR count). The largest absolute Gasteiger partial charge is 0.389 e. The molecule has 0 spiro atoms. The van der Waals surface area contributed by atoms with Crippen LogP contribution in [0.15, 0.2) is 22.7 Å². The summed E-state index contributed by atoms with van der Waals surface area (Å²) in [5.74, 6) is 0. The maximum atomic E-state index is 5.66. The lowest BCUT2D eigenvalue weighted by Crippen LogP contribution is -2.11. The van der Waals surface area contributed by atoms with Gasteiger partial charge in [0.05, 0.1) is 21.5 Å². The van der Waals surface area contributed by atoms with Gasteiger partial charge in [-0.1, -0.05) is 12.2 Å². The second-order valence-electron chi connectivity index (χ2n) is 4.26. The van der Waals surface area contributed by atoms with Gasteiger partial charge in [-0.25, -0.2) is 4.68 Å². The van der Waals surface area contributed by atoms with E-state index in [4.69, 9.17) is 18.0 Å². The van der Waals surface area contributed by atoms with Crippen molar-refractivity contribution in [2.45, 2.75) is 20.8 Å². The fraction of sp³-hybridized carbons (Fsp3) is 0.231. The Morgan fingerprint density at radius 3 is 2.44 bits per heavy atom. The van der Waals surface area contributed by atoms with Crippen molar-refractivity contribution in [3.05, 3.63) is 45.2 Å². The lowest BCUT2D eigenvalue weighted by molar-refractivity contribution is 0.832. The van der Waals surface area contributed by atoms with Gasteiger partial charge in [0.2, 0.25) is 0 Å². The van der Waals surface area contributed by atoms with E-state index in [-0.39, 0.29) is 0 Å². The quantitative estimate of drug-likeness (QED) is 0.863. The summed E-state index contributed by atoms with van der Waals surface area (Å²) in [7, 11) is 0. The molecule has 0 atom stereocenters. The molecule has 0 aliphatic rings. The lowest BCUT2D eigenvalue weighted by Gasteiger charge is -2.09.